The Bertz CT molecular complexity index is 529. The number of carbonyl (C=O) groups is 1. The van der Waals surface area contributed by atoms with E-state index in [-0.39, 0.29) is 0 Å². The van der Waals surface area contributed by atoms with Crippen LogP contribution in [0.3, 0.4) is 0 Å². The van der Waals surface area contributed by atoms with E-state index in [4.69, 9.17) is 0 Å². The standard InChI is InChI=1S/C14H15NO2S/c1-9-6-10(2)8-11(7-9)15-13(14(16)17)12-4-3-5-18-12/h3-8,13,15H,1-2H3,(H,16,17)/p-1/t13-/m1/s1. The third-order valence-corrected chi connectivity index (χ3v) is 3.53. The molecule has 0 aliphatic heterocycles. The van der Waals surface area contributed by atoms with Gasteiger partial charge in [0, 0.05) is 10.6 Å². The maximum Gasteiger partial charge on any atom is 0.101 e. The van der Waals surface area contributed by atoms with Crippen LogP contribution in [0.2, 0.25) is 0 Å². The summed E-state index contributed by atoms with van der Waals surface area (Å²) < 4.78 is 0. The molecule has 0 spiro atoms. The van der Waals surface area contributed by atoms with Crippen molar-refractivity contribution in [2.24, 2.45) is 0 Å². The number of nitrogens with one attached hydrogen (secondary N) is 1. The highest BCUT2D eigenvalue weighted by molar-refractivity contribution is 7.10. The van der Waals surface area contributed by atoms with Crippen molar-refractivity contribution < 1.29 is 9.90 Å². The normalized spacial score (nSPS) is 12.1. The molecule has 1 aromatic heterocycles. The Hall–Kier alpha value is -1.81. The zero-order valence-corrected chi connectivity index (χ0v) is 11.1. The van der Waals surface area contributed by atoms with Gasteiger partial charge >= 0.3 is 0 Å². The summed E-state index contributed by atoms with van der Waals surface area (Å²) in [5.74, 6) is -1.11. The monoisotopic (exact) mass is 260 g/mol. The van der Waals surface area contributed by atoms with Crippen LogP contribution in [0, 0.1) is 13.8 Å². The quantitative estimate of drug-likeness (QED) is 0.917. The Morgan fingerprint density at radius 3 is 2.44 bits per heavy atom. The molecule has 0 fully saturated rings. The average Bonchev–Trinajstić information content (AvgIpc) is 2.77. The summed E-state index contributed by atoms with van der Waals surface area (Å²) in [4.78, 5) is 11.9. The number of thiophene rings is 1. The zero-order valence-electron chi connectivity index (χ0n) is 10.3. The first-order valence-corrected chi connectivity index (χ1v) is 6.53. The van der Waals surface area contributed by atoms with Crippen LogP contribution in [0.5, 0.6) is 0 Å². The molecule has 2 aromatic rings. The largest absolute Gasteiger partial charge is 0.547 e. The van der Waals surface area contributed by atoms with E-state index in [2.05, 4.69) is 5.32 Å². The summed E-state index contributed by atoms with van der Waals surface area (Å²) in [7, 11) is 0. The molecular weight excluding hydrogens is 246 g/mol. The highest BCUT2D eigenvalue weighted by atomic mass is 32.1. The average molecular weight is 260 g/mol. The van der Waals surface area contributed by atoms with E-state index in [0.717, 1.165) is 21.7 Å². The van der Waals surface area contributed by atoms with Crippen molar-refractivity contribution in [3.8, 4) is 0 Å². The van der Waals surface area contributed by atoms with Gasteiger partial charge in [0.2, 0.25) is 0 Å². The van der Waals surface area contributed by atoms with Crippen LogP contribution >= 0.6 is 11.3 Å². The molecule has 94 valence electrons. The maximum atomic E-state index is 11.2. The minimum Gasteiger partial charge on any atom is -0.547 e. The van der Waals surface area contributed by atoms with E-state index in [1.165, 1.54) is 11.3 Å². The Balaban J connectivity index is 2.27. The van der Waals surface area contributed by atoms with Crippen molar-refractivity contribution in [3.05, 3.63) is 51.7 Å². The molecule has 0 amide bonds. The summed E-state index contributed by atoms with van der Waals surface area (Å²) in [6.45, 7) is 3.97. The Labute approximate surface area is 110 Å². The predicted octanol–water partition coefficient (Wildman–Crippen LogP) is 2.27. The minimum atomic E-state index is -1.11. The lowest BCUT2D eigenvalue weighted by Gasteiger charge is -2.20. The predicted molar refractivity (Wildman–Crippen MR) is 71.6 cm³/mol. The minimum absolute atomic E-state index is 0.745. The summed E-state index contributed by atoms with van der Waals surface area (Å²) in [6.07, 6.45) is 0. The van der Waals surface area contributed by atoms with E-state index in [1.807, 2.05) is 43.5 Å². The summed E-state index contributed by atoms with van der Waals surface area (Å²) in [6, 6.07) is 8.73. The number of carboxylic acid groups (broad SMARTS) is 1. The second-order valence-electron chi connectivity index (χ2n) is 4.29. The molecule has 0 saturated heterocycles. The van der Waals surface area contributed by atoms with Crippen molar-refractivity contribution >= 4 is 23.0 Å². The van der Waals surface area contributed by atoms with Gasteiger partial charge in [-0.1, -0.05) is 12.1 Å². The SMILES string of the molecule is Cc1cc(C)cc(N[C@@H](C(=O)[O-])c2cccs2)c1. The van der Waals surface area contributed by atoms with Gasteiger partial charge in [0.25, 0.3) is 0 Å². The molecule has 1 atom stereocenters. The van der Waals surface area contributed by atoms with Gasteiger partial charge in [0.1, 0.15) is 6.04 Å². The van der Waals surface area contributed by atoms with Crippen LogP contribution in [0.4, 0.5) is 5.69 Å². The van der Waals surface area contributed by atoms with E-state index in [9.17, 15) is 9.90 Å². The molecule has 0 bridgehead atoms. The molecule has 0 aliphatic rings. The van der Waals surface area contributed by atoms with Crippen molar-refractivity contribution in [1.82, 2.24) is 0 Å². The fourth-order valence-electron chi connectivity index (χ4n) is 1.93. The summed E-state index contributed by atoms with van der Waals surface area (Å²) >= 11 is 1.40. The van der Waals surface area contributed by atoms with Crippen LogP contribution in [0.15, 0.2) is 35.7 Å². The van der Waals surface area contributed by atoms with Crippen LogP contribution in [-0.2, 0) is 4.79 Å². The molecule has 0 aliphatic carbocycles. The first kappa shape index (κ1) is 12.6. The Morgan fingerprint density at radius 1 is 1.28 bits per heavy atom. The number of aryl methyl sites for hydroxylation is 2. The molecule has 0 unspecified atom stereocenters. The van der Waals surface area contributed by atoms with Crippen molar-refractivity contribution in [2.45, 2.75) is 19.9 Å². The topological polar surface area (TPSA) is 52.2 Å². The number of carbonyl (C=O) groups excluding carboxylic acids is 1. The number of aliphatic carboxylic acids is 1. The van der Waals surface area contributed by atoms with Crippen LogP contribution < -0.4 is 10.4 Å². The number of hydrogen-bond acceptors (Lipinski definition) is 4. The van der Waals surface area contributed by atoms with Gasteiger partial charge in [0.15, 0.2) is 0 Å². The second kappa shape index (κ2) is 5.23. The molecule has 1 heterocycles. The Morgan fingerprint density at radius 2 is 1.94 bits per heavy atom. The lowest BCUT2D eigenvalue weighted by molar-refractivity contribution is -0.307. The van der Waals surface area contributed by atoms with Crippen molar-refractivity contribution in [1.29, 1.82) is 0 Å². The van der Waals surface area contributed by atoms with E-state index in [1.54, 1.807) is 6.07 Å². The van der Waals surface area contributed by atoms with Gasteiger partial charge in [-0.2, -0.15) is 0 Å². The second-order valence-corrected chi connectivity index (χ2v) is 5.27. The summed E-state index contributed by atoms with van der Waals surface area (Å²) in [5, 5.41) is 16.1. The van der Waals surface area contributed by atoms with E-state index >= 15 is 0 Å². The Kier molecular flexibility index (Phi) is 3.67. The maximum absolute atomic E-state index is 11.2. The number of rotatable bonds is 4. The number of carboxylic acids is 1. The van der Waals surface area contributed by atoms with Crippen molar-refractivity contribution in [2.75, 3.05) is 5.32 Å². The van der Waals surface area contributed by atoms with E-state index < -0.39 is 12.0 Å². The van der Waals surface area contributed by atoms with E-state index in [0.29, 0.717) is 0 Å². The zero-order chi connectivity index (χ0) is 13.1. The first-order chi connectivity index (χ1) is 8.56. The van der Waals surface area contributed by atoms with Gasteiger partial charge in [0.05, 0.1) is 5.97 Å². The molecule has 0 radical (unpaired) electrons. The van der Waals surface area contributed by atoms with Gasteiger partial charge in [-0.05, 0) is 48.6 Å². The third kappa shape index (κ3) is 2.90. The first-order valence-electron chi connectivity index (χ1n) is 5.65. The molecule has 1 N–H and O–H groups in total. The van der Waals surface area contributed by atoms with Gasteiger partial charge in [-0.3, -0.25) is 0 Å². The molecular formula is C14H14NO2S-. The van der Waals surface area contributed by atoms with Gasteiger partial charge in [-0.25, -0.2) is 0 Å². The number of anilines is 1. The van der Waals surface area contributed by atoms with Crippen molar-refractivity contribution in [3.63, 3.8) is 0 Å². The highest BCUT2D eigenvalue weighted by Gasteiger charge is 2.13. The third-order valence-electron chi connectivity index (χ3n) is 2.60. The molecule has 3 nitrogen and oxygen atoms in total. The molecule has 1 aromatic carbocycles. The molecule has 4 heteroatoms. The van der Waals surface area contributed by atoms with Crippen LogP contribution in [0.1, 0.15) is 22.0 Å². The molecule has 18 heavy (non-hydrogen) atoms. The molecule has 0 saturated carbocycles. The highest BCUT2D eigenvalue weighted by Crippen LogP contribution is 2.24. The lowest BCUT2D eigenvalue weighted by Crippen LogP contribution is -2.33. The van der Waals surface area contributed by atoms with Crippen LogP contribution in [0.25, 0.3) is 0 Å². The van der Waals surface area contributed by atoms with Crippen LogP contribution in [-0.4, -0.2) is 5.97 Å². The number of benzene rings is 1. The number of hydrogen-bond donors (Lipinski definition) is 1. The smallest absolute Gasteiger partial charge is 0.101 e. The summed E-state index contributed by atoms with van der Waals surface area (Å²) in [5.41, 5.74) is 3.00. The lowest BCUT2D eigenvalue weighted by atomic mass is 10.1. The van der Waals surface area contributed by atoms with Gasteiger partial charge < -0.3 is 15.2 Å². The fraction of sp³-hybridized carbons (Fsp3) is 0.214. The van der Waals surface area contributed by atoms with Gasteiger partial charge in [-0.15, -0.1) is 11.3 Å². The fourth-order valence-corrected chi connectivity index (χ4v) is 2.69. The molecule has 2 rings (SSSR count).